The molecule has 0 radical (unpaired) electrons. The zero-order valence-corrected chi connectivity index (χ0v) is 17.7. The van der Waals surface area contributed by atoms with Crippen LogP contribution in [0.15, 0.2) is 9.41 Å². The van der Waals surface area contributed by atoms with Gasteiger partial charge in [-0.1, -0.05) is 6.92 Å². The van der Waals surface area contributed by atoms with Crippen molar-refractivity contribution in [3.05, 3.63) is 17.3 Å². The Bertz CT molecular complexity index is 504. The van der Waals surface area contributed by atoms with Gasteiger partial charge in [0.05, 0.1) is 12.2 Å². The van der Waals surface area contributed by atoms with Gasteiger partial charge in [0.15, 0.2) is 5.96 Å². The highest BCUT2D eigenvalue weighted by atomic mass is 127. The predicted molar refractivity (Wildman–Crippen MR) is 109 cm³/mol. The third-order valence-corrected chi connectivity index (χ3v) is 4.67. The lowest BCUT2D eigenvalue weighted by atomic mass is 9.97. The lowest BCUT2D eigenvalue weighted by Crippen LogP contribution is -2.39. The van der Waals surface area contributed by atoms with Crippen molar-refractivity contribution < 1.29 is 4.42 Å². The average molecular weight is 449 g/mol. The Labute approximate surface area is 162 Å². The Morgan fingerprint density at radius 2 is 2.08 bits per heavy atom. The lowest BCUT2D eigenvalue weighted by molar-refractivity contribution is 0.166. The molecule has 138 valence electrons. The molecular formula is C17H32IN5O. The van der Waals surface area contributed by atoms with Crippen molar-refractivity contribution in [1.29, 1.82) is 0 Å². The zero-order valence-electron chi connectivity index (χ0n) is 15.3. The molecule has 1 fully saturated rings. The molecular weight excluding hydrogens is 417 g/mol. The summed E-state index contributed by atoms with van der Waals surface area (Å²) in [6.07, 6.45) is 3.35. The number of aliphatic imine (C=N–C) groups is 1. The third kappa shape index (κ3) is 6.58. The molecule has 1 unspecified atom stereocenters. The summed E-state index contributed by atoms with van der Waals surface area (Å²) in [4.78, 5) is 11.4. The fourth-order valence-electron chi connectivity index (χ4n) is 2.75. The molecule has 1 aromatic rings. The van der Waals surface area contributed by atoms with Crippen molar-refractivity contribution in [3.63, 3.8) is 0 Å². The van der Waals surface area contributed by atoms with E-state index >= 15 is 0 Å². The minimum absolute atomic E-state index is 0. The first kappa shape index (κ1) is 21.2. The number of aromatic nitrogens is 1. The van der Waals surface area contributed by atoms with Crippen LogP contribution >= 0.6 is 24.0 Å². The molecule has 2 rings (SSSR count). The Hall–Kier alpha value is -0.830. The number of nitrogens with one attached hydrogen (secondary N) is 1. The van der Waals surface area contributed by atoms with Crippen LogP contribution < -0.4 is 11.1 Å². The highest BCUT2D eigenvalue weighted by Gasteiger charge is 2.20. The van der Waals surface area contributed by atoms with Gasteiger partial charge < -0.3 is 15.5 Å². The summed E-state index contributed by atoms with van der Waals surface area (Å²) >= 11 is 0. The van der Waals surface area contributed by atoms with E-state index in [1.54, 1.807) is 0 Å². The van der Waals surface area contributed by atoms with Gasteiger partial charge in [0, 0.05) is 12.6 Å². The summed E-state index contributed by atoms with van der Waals surface area (Å²) in [5, 5.41) is 3.21. The number of piperidine rings is 1. The molecule has 2 heterocycles. The van der Waals surface area contributed by atoms with Gasteiger partial charge in [-0.3, -0.25) is 9.89 Å². The number of rotatable bonds is 6. The highest BCUT2D eigenvalue weighted by molar-refractivity contribution is 14.0. The number of aryl methyl sites for hydroxylation is 2. The van der Waals surface area contributed by atoms with Crippen LogP contribution in [-0.2, 0) is 6.54 Å². The fourth-order valence-corrected chi connectivity index (χ4v) is 2.75. The molecule has 0 aromatic carbocycles. The molecule has 0 aliphatic carbocycles. The second kappa shape index (κ2) is 10.2. The van der Waals surface area contributed by atoms with Crippen LogP contribution in [0.5, 0.6) is 0 Å². The van der Waals surface area contributed by atoms with Crippen molar-refractivity contribution in [2.24, 2.45) is 16.6 Å². The minimum Gasteiger partial charge on any atom is -0.444 e. The number of halogens is 1. The molecule has 7 heteroatoms. The maximum Gasteiger partial charge on any atom is 0.208 e. The second-order valence-corrected chi connectivity index (χ2v) is 6.65. The summed E-state index contributed by atoms with van der Waals surface area (Å²) in [5.74, 6) is 2.95. The first-order valence-corrected chi connectivity index (χ1v) is 8.69. The van der Waals surface area contributed by atoms with Crippen LogP contribution in [0, 0.1) is 19.8 Å². The van der Waals surface area contributed by atoms with Crippen molar-refractivity contribution in [2.75, 3.05) is 19.6 Å². The van der Waals surface area contributed by atoms with Crippen LogP contribution in [0.1, 0.15) is 50.5 Å². The third-order valence-electron chi connectivity index (χ3n) is 4.67. The Morgan fingerprint density at radius 1 is 1.42 bits per heavy atom. The molecule has 1 atom stereocenters. The number of hydrogen-bond donors (Lipinski definition) is 2. The molecule has 0 spiro atoms. The largest absolute Gasteiger partial charge is 0.444 e. The van der Waals surface area contributed by atoms with Gasteiger partial charge in [-0.25, -0.2) is 4.98 Å². The van der Waals surface area contributed by atoms with E-state index in [4.69, 9.17) is 10.2 Å². The highest BCUT2D eigenvalue weighted by Crippen LogP contribution is 2.20. The van der Waals surface area contributed by atoms with E-state index in [1.165, 1.54) is 0 Å². The van der Waals surface area contributed by atoms with E-state index < -0.39 is 0 Å². The average Bonchev–Trinajstić information content (AvgIpc) is 2.84. The van der Waals surface area contributed by atoms with Gasteiger partial charge in [0.25, 0.3) is 0 Å². The number of guanidine groups is 1. The Balaban J connectivity index is 0.00000288. The topological polar surface area (TPSA) is 79.7 Å². The molecule has 0 amide bonds. The minimum atomic E-state index is 0. The normalized spacial score (nSPS) is 18.2. The number of nitrogens with two attached hydrogens (primary N) is 1. The van der Waals surface area contributed by atoms with Crippen molar-refractivity contribution in [1.82, 2.24) is 15.2 Å². The SMILES string of the molecule is CCC(C)NC(N)=NCC1CCN(Cc2nc(C)c(C)o2)CC1.I. The van der Waals surface area contributed by atoms with Crippen molar-refractivity contribution >= 4 is 29.9 Å². The quantitative estimate of drug-likeness (QED) is 0.397. The number of likely N-dealkylation sites (tertiary alicyclic amines) is 1. The van der Waals surface area contributed by atoms with Crippen LogP contribution in [0.25, 0.3) is 0 Å². The van der Waals surface area contributed by atoms with Gasteiger partial charge in [-0.15, -0.1) is 24.0 Å². The fraction of sp³-hybridized carbons (Fsp3) is 0.765. The molecule has 1 saturated heterocycles. The van der Waals surface area contributed by atoms with E-state index in [1.807, 2.05) is 13.8 Å². The Morgan fingerprint density at radius 3 is 2.62 bits per heavy atom. The summed E-state index contributed by atoms with van der Waals surface area (Å²) in [6.45, 7) is 12.0. The molecule has 1 aromatic heterocycles. The molecule has 0 saturated carbocycles. The van der Waals surface area contributed by atoms with E-state index in [0.29, 0.717) is 17.9 Å². The summed E-state index contributed by atoms with van der Waals surface area (Å²) in [5.41, 5.74) is 6.92. The van der Waals surface area contributed by atoms with Gasteiger partial charge in [-0.2, -0.15) is 0 Å². The number of nitrogens with zero attached hydrogens (tertiary/aromatic N) is 3. The van der Waals surface area contributed by atoms with Gasteiger partial charge >= 0.3 is 0 Å². The molecule has 24 heavy (non-hydrogen) atoms. The van der Waals surface area contributed by atoms with Crippen LogP contribution in [-0.4, -0.2) is 41.5 Å². The van der Waals surface area contributed by atoms with Crippen molar-refractivity contribution in [2.45, 2.75) is 59.5 Å². The maximum absolute atomic E-state index is 5.92. The summed E-state index contributed by atoms with van der Waals surface area (Å²) < 4.78 is 5.67. The van der Waals surface area contributed by atoms with Crippen LogP contribution in [0.3, 0.4) is 0 Å². The molecule has 1 aliphatic heterocycles. The van der Waals surface area contributed by atoms with Crippen molar-refractivity contribution in [3.8, 4) is 0 Å². The maximum atomic E-state index is 5.92. The van der Waals surface area contributed by atoms with E-state index in [9.17, 15) is 0 Å². The first-order valence-electron chi connectivity index (χ1n) is 8.69. The smallest absolute Gasteiger partial charge is 0.208 e. The summed E-state index contributed by atoms with van der Waals surface area (Å²) in [7, 11) is 0. The van der Waals surface area contributed by atoms with E-state index in [2.05, 4.69) is 34.0 Å². The second-order valence-electron chi connectivity index (χ2n) is 6.65. The standard InChI is InChI=1S/C17H31N5O.HI/c1-5-12(2)20-17(18)19-10-15-6-8-22(9-7-15)11-16-21-13(3)14(4)23-16;/h12,15H,5-11H2,1-4H3,(H3,18,19,20);1H. The molecule has 0 bridgehead atoms. The van der Waals surface area contributed by atoms with E-state index in [0.717, 1.165) is 62.8 Å². The molecule has 6 nitrogen and oxygen atoms in total. The Kier molecular flexibility index (Phi) is 9.04. The van der Waals surface area contributed by atoms with Crippen LogP contribution in [0.4, 0.5) is 0 Å². The van der Waals surface area contributed by atoms with Gasteiger partial charge in [0.1, 0.15) is 5.76 Å². The molecule has 1 aliphatic rings. The lowest BCUT2D eigenvalue weighted by Gasteiger charge is -2.30. The first-order chi connectivity index (χ1) is 11.0. The van der Waals surface area contributed by atoms with Crippen LogP contribution in [0.2, 0.25) is 0 Å². The zero-order chi connectivity index (χ0) is 16.8. The number of hydrogen-bond acceptors (Lipinski definition) is 4. The number of oxazole rings is 1. The van der Waals surface area contributed by atoms with Gasteiger partial charge in [-0.05, 0) is 59.0 Å². The predicted octanol–water partition coefficient (Wildman–Crippen LogP) is 2.82. The van der Waals surface area contributed by atoms with Gasteiger partial charge in [0.2, 0.25) is 5.89 Å². The monoisotopic (exact) mass is 449 g/mol. The molecule has 3 N–H and O–H groups in total. The van der Waals surface area contributed by atoms with E-state index in [-0.39, 0.29) is 24.0 Å². The summed E-state index contributed by atoms with van der Waals surface area (Å²) in [6, 6.07) is 0.383.